The highest BCUT2D eigenvalue weighted by atomic mass is 16.5. The van der Waals surface area contributed by atoms with Crippen molar-refractivity contribution >= 4 is 11.7 Å². The van der Waals surface area contributed by atoms with Gasteiger partial charge in [0.15, 0.2) is 5.82 Å². The molecule has 0 radical (unpaired) electrons. The van der Waals surface area contributed by atoms with Gasteiger partial charge in [0.05, 0.1) is 6.10 Å². The summed E-state index contributed by atoms with van der Waals surface area (Å²) in [6.07, 6.45) is 1.00. The molecule has 1 saturated heterocycles. The van der Waals surface area contributed by atoms with Crippen molar-refractivity contribution in [3.05, 3.63) is 11.8 Å². The normalized spacial score (nSPS) is 24.4. The Labute approximate surface area is 112 Å². The van der Waals surface area contributed by atoms with Crippen molar-refractivity contribution in [2.24, 2.45) is 5.92 Å². The highest BCUT2D eigenvalue weighted by Gasteiger charge is 2.24. The van der Waals surface area contributed by atoms with E-state index in [9.17, 15) is 9.90 Å². The molecule has 2 atom stereocenters. The average molecular weight is 267 g/mol. The molecule has 6 nitrogen and oxygen atoms in total. The minimum atomic E-state index is -0.205. The summed E-state index contributed by atoms with van der Waals surface area (Å²) in [7, 11) is 0. The van der Waals surface area contributed by atoms with Gasteiger partial charge in [0, 0.05) is 32.1 Å². The van der Waals surface area contributed by atoms with E-state index in [1.807, 2.05) is 6.92 Å². The summed E-state index contributed by atoms with van der Waals surface area (Å²) in [5, 5.41) is 16.1. The van der Waals surface area contributed by atoms with E-state index in [-0.39, 0.29) is 17.9 Å². The maximum Gasteiger partial charge on any atom is 0.226 e. The number of aromatic nitrogens is 1. The third-order valence-electron chi connectivity index (χ3n) is 3.49. The monoisotopic (exact) mass is 267 g/mol. The van der Waals surface area contributed by atoms with E-state index in [4.69, 9.17) is 4.52 Å². The van der Waals surface area contributed by atoms with Crippen LogP contribution in [0, 0.1) is 12.8 Å². The molecule has 0 saturated carbocycles. The van der Waals surface area contributed by atoms with Crippen LogP contribution in [0.1, 0.15) is 25.5 Å². The van der Waals surface area contributed by atoms with Crippen LogP contribution in [0.5, 0.6) is 0 Å². The number of amides is 1. The number of hydrogen-bond acceptors (Lipinski definition) is 5. The zero-order chi connectivity index (χ0) is 13.8. The van der Waals surface area contributed by atoms with E-state index < -0.39 is 0 Å². The number of carbonyl (C=O) groups is 1. The van der Waals surface area contributed by atoms with Crippen LogP contribution >= 0.6 is 0 Å². The number of aliphatic hydroxyl groups excluding tert-OH is 1. The van der Waals surface area contributed by atoms with E-state index in [1.165, 1.54) is 0 Å². The Bertz CT molecular complexity index is 433. The van der Waals surface area contributed by atoms with E-state index in [0.29, 0.717) is 24.5 Å². The maximum absolute atomic E-state index is 11.7. The summed E-state index contributed by atoms with van der Waals surface area (Å²) in [5.41, 5.74) is 0. The predicted octanol–water partition coefficient (Wildman–Crippen LogP) is 1.01. The van der Waals surface area contributed by atoms with Gasteiger partial charge in [0.1, 0.15) is 5.76 Å². The molecule has 1 aromatic heterocycles. The second-order valence-corrected chi connectivity index (χ2v) is 5.25. The first kappa shape index (κ1) is 14.0. The quantitative estimate of drug-likeness (QED) is 0.851. The molecule has 1 aliphatic rings. The molecular formula is C13H21N3O3. The standard InChI is InChI=1S/C13H21N3O3/c1-9-8-16(5-3-11(9)17)6-4-13(18)14-12-7-10(2)19-15-12/h7,9,11,17H,3-6,8H2,1-2H3,(H,14,15,18). The molecule has 1 aliphatic heterocycles. The molecule has 1 amide bonds. The fraction of sp³-hybridized carbons (Fsp3) is 0.692. The van der Waals surface area contributed by atoms with Crippen LogP contribution < -0.4 is 5.32 Å². The minimum Gasteiger partial charge on any atom is -0.393 e. The molecule has 0 aliphatic carbocycles. The fourth-order valence-electron chi connectivity index (χ4n) is 2.31. The Morgan fingerprint density at radius 2 is 2.47 bits per heavy atom. The van der Waals surface area contributed by atoms with Crippen LogP contribution in [0.15, 0.2) is 10.6 Å². The van der Waals surface area contributed by atoms with E-state index in [0.717, 1.165) is 19.5 Å². The van der Waals surface area contributed by atoms with Crippen molar-refractivity contribution in [3.63, 3.8) is 0 Å². The van der Waals surface area contributed by atoms with Crippen LogP contribution in [0.25, 0.3) is 0 Å². The fourth-order valence-corrected chi connectivity index (χ4v) is 2.31. The van der Waals surface area contributed by atoms with Gasteiger partial charge in [-0.3, -0.25) is 4.79 Å². The number of aryl methyl sites for hydroxylation is 1. The van der Waals surface area contributed by atoms with Gasteiger partial charge in [-0.25, -0.2) is 0 Å². The highest BCUT2D eigenvalue weighted by Crippen LogP contribution is 2.16. The van der Waals surface area contributed by atoms with Crippen LogP contribution in [-0.4, -0.2) is 46.8 Å². The largest absolute Gasteiger partial charge is 0.393 e. The number of piperidine rings is 1. The summed E-state index contributed by atoms with van der Waals surface area (Å²) in [5.74, 6) is 1.35. The Kier molecular flexibility index (Phi) is 4.55. The lowest BCUT2D eigenvalue weighted by Crippen LogP contribution is -2.42. The van der Waals surface area contributed by atoms with Gasteiger partial charge in [0.25, 0.3) is 0 Å². The number of nitrogens with one attached hydrogen (secondary N) is 1. The van der Waals surface area contributed by atoms with E-state index >= 15 is 0 Å². The van der Waals surface area contributed by atoms with Gasteiger partial charge >= 0.3 is 0 Å². The van der Waals surface area contributed by atoms with E-state index in [1.54, 1.807) is 13.0 Å². The predicted molar refractivity (Wildman–Crippen MR) is 70.7 cm³/mol. The first-order valence-corrected chi connectivity index (χ1v) is 6.68. The second-order valence-electron chi connectivity index (χ2n) is 5.25. The summed E-state index contributed by atoms with van der Waals surface area (Å²) in [6.45, 7) is 6.22. The summed E-state index contributed by atoms with van der Waals surface area (Å²) >= 11 is 0. The van der Waals surface area contributed by atoms with Crippen molar-refractivity contribution in [2.75, 3.05) is 25.0 Å². The van der Waals surface area contributed by atoms with Crippen molar-refractivity contribution in [3.8, 4) is 0 Å². The van der Waals surface area contributed by atoms with Crippen molar-refractivity contribution in [2.45, 2.75) is 32.8 Å². The third-order valence-corrected chi connectivity index (χ3v) is 3.49. The van der Waals surface area contributed by atoms with Crippen molar-refractivity contribution in [1.82, 2.24) is 10.1 Å². The molecule has 2 N–H and O–H groups in total. The lowest BCUT2D eigenvalue weighted by molar-refractivity contribution is -0.116. The number of rotatable bonds is 4. The van der Waals surface area contributed by atoms with Crippen LogP contribution in [0.4, 0.5) is 5.82 Å². The highest BCUT2D eigenvalue weighted by molar-refractivity contribution is 5.89. The second kappa shape index (κ2) is 6.16. The van der Waals surface area contributed by atoms with Gasteiger partial charge in [-0.05, 0) is 19.3 Å². The molecule has 1 aromatic rings. The number of aliphatic hydroxyl groups is 1. The lowest BCUT2D eigenvalue weighted by Gasteiger charge is -2.34. The van der Waals surface area contributed by atoms with Gasteiger partial charge in [-0.1, -0.05) is 12.1 Å². The van der Waals surface area contributed by atoms with Gasteiger partial charge in [-0.15, -0.1) is 0 Å². The molecule has 1 fully saturated rings. The molecular weight excluding hydrogens is 246 g/mol. The van der Waals surface area contributed by atoms with Crippen molar-refractivity contribution in [1.29, 1.82) is 0 Å². The van der Waals surface area contributed by atoms with Gasteiger partial charge in [0.2, 0.25) is 5.91 Å². The third kappa shape index (κ3) is 4.04. The Morgan fingerprint density at radius 3 is 3.11 bits per heavy atom. The topological polar surface area (TPSA) is 78.6 Å². The molecule has 0 spiro atoms. The zero-order valence-corrected chi connectivity index (χ0v) is 11.4. The Hall–Kier alpha value is -1.40. The van der Waals surface area contributed by atoms with Gasteiger partial charge in [-0.2, -0.15) is 0 Å². The molecule has 19 heavy (non-hydrogen) atoms. The molecule has 2 rings (SSSR count). The number of likely N-dealkylation sites (tertiary alicyclic amines) is 1. The summed E-state index contributed by atoms with van der Waals surface area (Å²) in [6, 6.07) is 1.69. The van der Waals surface area contributed by atoms with E-state index in [2.05, 4.69) is 15.4 Å². The zero-order valence-electron chi connectivity index (χ0n) is 11.4. The number of hydrogen-bond donors (Lipinski definition) is 2. The first-order chi connectivity index (χ1) is 9.04. The molecule has 0 bridgehead atoms. The van der Waals surface area contributed by atoms with Crippen LogP contribution in [0.3, 0.4) is 0 Å². The average Bonchev–Trinajstić information content (AvgIpc) is 2.76. The van der Waals surface area contributed by atoms with Crippen molar-refractivity contribution < 1.29 is 14.4 Å². The minimum absolute atomic E-state index is 0.0629. The molecule has 0 aromatic carbocycles. The molecule has 2 unspecified atom stereocenters. The molecule has 106 valence electrons. The summed E-state index contributed by atoms with van der Waals surface area (Å²) in [4.78, 5) is 14.0. The van der Waals surface area contributed by atoms with Crippen LogP contribution in [0.2, 0.25) is 0 Å². The SMILES string of the molecule is Cc1cc(NC(=O)CCN2CCC(O)C(C)C2)no1. The van der Waals surface area contributed by atoms with Crippen LogP contribution in [-0.2, 0) is 4.79 Å². The molecule has 6 heteroatoms. The number of carbonyl (C=O) groups excluding carboxylic acids is 1. The Balaban J connectivity index is 1.72. The summed E-state index contributed by atoms with van der Waals surface area (Å²) < 4.78 is 4.88. The number of anilines is 1. The first-order valence-electron chi connectivity index (χ1n) is 6.68. The molecule has 2 heterocycles. The lowest BCUT2D eigenvalue weighted by atomic mass is 9.97. The van der Waals surface area contributed by atoms with Gasteiger partial charge < -0.3 is 19.8 Å². The Morgan fingerprint density at radius 1 is 1.68 bits per heavy atom. The smallest absolute Gasteiger partial charge is 0.226 e. The maximum atomic E-state index is 11.7. The number of nitrogens with zero attached hydrogens (tertiary/aromatic N) is 2.